The van der Waals surface area contributed by atoms with Crippen molar-refractivity contribution in [2.45, 2.75) is 0 Å². The molecule has 46 valence electrons. The van der Waals surface area contributed by atoms with Crippen LogP contribution in [0.2, 0.25) is 0 Å². The molecule has 0 rings (SSSR count). The van der Waals surface area contributed by atoms with Crippen LogP contribution in [0.3, 0.4) is 0 Å². The maximum absolute atomic E-state index is 9.69. The molecule has 0 saturated carbocycles. The first-order valence-electron chi connectivity index (χ1n) is 1.40. The minimum absolute atomic E-state index is 0. The number of allylic oxidation sites excluding steroid dienone is 1. The predicted molar refractivity (Wildman–Crippen MR) is 21.0 cm³/mol. The summed E-state index contributed by atoms with van der Waals surface area (Å²) in [5.41, 5.74) is 0. The van der Waals surface area contributed by atoms with Gasteiger partial charge in [-0.1, -0.05) is 0 Å². The second-order valence-electron chi connectivity index (χ2n) is 0.815. The first kappa shape index (κ1) is 38.8. The third-order valence-corrected chi connectivity index (χ3v) is 0.287. The van der Waals surface area contributed by atoms with E-state index < -0.39 is 0 Å². The van der Waals surface area contributed by atoms with E-state index in [1.807, 2.05) is 0 Å². The van der Waals surface area contributed by atoms with Gasteiger partial charge >= 0.3 is 78.0 Å². The van der Waals surface area contributed by atoms with Crippen LogP contribution in [0.4, 0.5) is 0 Å². The Morgan fingerprint density at radius 1 is 1.30 bits per heavy atom. The SMILES string of the molecule is [Br-].[Br-].[Br-].[Li+].[Li][C](=O)C=C.[Zn+2]. The van der Waals surface area contributed by atoms with Crippen LogP contribution in [-0.4, -0.2) is 22.2 Å². The van der Waals surface area contributed by atoms with Crippen LogP contribution < -0.4 is 69.8 Å². The van der Waals surface area contributed by atoms with Crippen LogP contribution >= 0.6 is 0 Å². The van der Waals surface area contributed by atoms with Crippen molar-refractivity contribution in [1.29, 1.82) is 0 Å². The van der Waals surface area contributed by atoms with Gasteiger partial charge in [0.1, 0.15) is 0 Å². The Morgan fingerprint density at radius 3 is 1.40 bits per heavy atom. The molecule has 0 radical (unpaired) electrons. The number of carbonyl (C=O) groups excluding carboxylic acids is 1. The molecule has 0 aromatic rings. The van der Waals surface area contributed by atoms with Gasteiger partial charge in [0.2, 0.25) is 0 Å². The average Bonchev–Trinajstić information content (AvgIpc) is 1.38. The normalized spacial score (nSPS) is 3.40. The number of halogens is 3. The number of rotatable bonds is 1. The zero-order chi connectivity index (χ0) is 4.28. The van der Waals surface area contributed by atoms with Crippen molar-refractivity contribution >= 4 is 22.2 Å². The molecule has 0 unspecified atom stereocenters. The van der Waals surface area contributed by atoms with Crippen molar-refractivity contribution in [2.24, 2.45) is 0 Å². The number of carbonyl (C=O) groups is 1. The Labute approximate surface area is 127 Å². The molecule has 0 aliphatic carbocycles. The molecule has 0 N–H and O–H groups in total. The van der Waals surface area contributed by atoms with E-state index >= 15 is 0 Å². The third-order valence-electron chi connectivity index (χ3n) is 0.287. The van der Waals surface area contributed by atoms with Crippen LogP contribution in [-0.2, 0) is 24.3 Å². The summed E-state index contributed by atoms with van der Waals surface area (Å²) in [6.07, 6.45) is 1.28. The molecule has 10 heavy (non-hydrogen) atoms. The van der Waals surface area contributed by atoms with Crippen molar-refractivity contribution in [3.8, 4) is 0 Å². The van der Waals surface area contributed by atoms with E-state index in [1.165, 1.54) is 23.8 Å². The summed E-state index contributed by atoms with van der Waals surface area (Å²) >= 11 is 1.47. The fraction of sp³-hybridized carbons (Fsp3) is 0. The fourth-order valence-corrected chi connectivity index (χ4v) is 0. The van der Waals surface area contributed by atoms with Gasteiger partial charge in [0, 0.05) is 0 Å². The molecule has 0 saturated heterocycles. The summed E-state index contributed by atoms with van der Waals surface area (Å²) in [5.74, 6) is 0. The van der Waals surface area contributed by atoms with Gasteiger partial charge in [-0.15, -0.1) is 0 Å². The summed E-state index contributed by atoms with van der Waals surface area (Å²) in [6, 6.07) is 0. The van der Waals surface area contributed by atoms with Crippen molar-refractivity contribution in [1.82, 2.24) is 0 Å². The Morgan fingerprint density at radius 2 is 1.40 bits per heavy atom. The third kappa shape index (κ3) is 45.8. The largest absolute Gasteiger partial charge is 2.00 e. The molecule has 0 atom stereocenters. The van der Waals surface area contributed by atoms with Crippen LogP contribution in [0.5, 0.6) is 0 Å². The van der Waals surface area contributed by atoms with Gasteiger partial charge in [0.15, 0.2) is 0 Å². The van der Waals surface area contributed by atoms with E-state index in [2.05, 4.69) is 6.58 Å². The van der Waals surface area contributed by atoms with Gasteiger partial charge in [-0.05, 0) is 0 Å². The van der Waals surface area contributed by atoms with Crippen LogP contribution in [0.25, 0.3) is 0 Å². The topological polar surface area (TPSA) is 17.1 Å². The van der Waals surface area contributed by atoms with E-state index in [1.54, 1.807) is 0 Å². The predicted octanol–water partition coefficient (Wildman–Crippen LogP) is -12.1. The zero-order valence-corrected chi connectivity index (χ0v) is 13.8. The minimum Gasteiger partial charge on any atom is 2.00 e. The Bertz CT molecular complexity index is 72.8. The van der Waals surface area contributed by atoms with Gasteiger partial charge in [-0.2, -0.15) is 0 Å². The molecule has 0 aliphatic heterocycles. The molecule has 0 aromatic carbocycles. The molecular formula is C3H3Br3Li2OZn. The molecule has 0 heterocycles. The van der Waals surface area contributed by atoms with E-state index in [9.17, 15) is 4.79 Å². The smallest absolute Gasteiger partial charge is 2.00 e. The molecular weight excluding hydrogens is 371 g/mol. The maximum Gasteiger partial charge on any atom is 2.00 e. The van der Waals surface area contributed by atoms with E-state index in [4.69, 9.17) is 0 Å². The quantitative estimate of drug-likeness (QED) is 0.329. The van der Waals surface area contributed by atoms with Crippen molar-refractivity contribution in [2.75, 3.05) is 0 Å². The maximum atomic E-state index is 9.69. The summed E-state index contributed by atoms with van der Waals surface area (Å²) in [7, 11) is 0. The summed E-state index contributed by atoms with van der Waals surface area (Å²) in [5, 5.41) is 0. The average molecular weight is 374 g/mol. The summed E-state index contributed by atoms with van der Waals surface area (Å²) in [6.45, 7) is 3.21. The molecule has 0 aromatic heterocycles. The van der Waals surface area contributed by atoms with Crippen molar-refractivity contribution in [3.63, 3.8) is 0 Å². The Balaban J connectivity index is -0.00000000800. The van der Waals surface area contributed by atoms with Crippen molar-refractivity contribution in [3.05, 3.63) is 12.7 Å². The molecule has 0 bridgehead atoms. The second kappa shape index (κ2) is 29.9. The van der Waals surface area contributed by atoms with Gasteiger partial charge in [0.05, 0.1) is 0 Å². The molecule has 0 spiro atoms. The molecule has 0 amide bonds. The molecule has 1 nitrogen and oxygen atoms in total. The summed E-state index contributed by atoms with van der Waals surface area (Å²) < 4.78 is 0.0185. The van der Waals surface area contributed by atoms with Gasteiger partial charge in [0.25, 0.3) is 0 Å². The van der Waals surface area contributed by atoms with Gasteiger partial charge < -0.3 is 50.9 Å². The molecule has 0 fully saturated rings. The van der Waals surface area contributed by atoms with Crippen molar-refractivity contribution < 1.29 is 94.1 Å². The fourth-order valence-electron chi connectivity index (χ4n) is 0. The van der Waals surface area contributed by atoms with E-state index in [0.717, 1.165) is 0 Å². The van der Waals surface area contributed by atoms with Crippen LogP contribution in [0.1, 0.15) is 0 Å². The molecule has 0 aliphatic rings. The second-order valence-corrected chi connectivity index (χ2v) is 0.815. The van der Waals surface area contributed by atoms with E-state index in [0.29, 0.717) is 0 Å². The van der Waals surface area contributed by atoms with E-state index in [-0.39, 0.29) is 93.7 Å². The molecule has 7 heteroatoms. The first-order valence-corrected chi connectivity index (χ1v) is 1.40. The van der Waals surface area contributed by atoms with Gasteiger partial charge in [-0.25, -0.2) is 0 Å². The van der Waals surface area contributed by atoms with Crippen LogP contribution in [0.15, 0.2) is 12.7 Å². The summed E-state index contributed by atoms with van der Waals surface area (Å²) in [4.78, 5) is 9.69. The number of hydrogen-bond acceptors (Lipinski definition) is 1. The standard InChI is InChI=1S/C3H3O.3BrH.2Li.Zn/c1-2-3-4;;;;;;/h2H,1H2;3*1H;;;/q;;;;;+1;+2/p-3. The monoisotopic (exact) mass is 370 g/mol. The Kier molecular flexibility index (Phi) is 116. The first-order chi connectivity index (χ1) is 2.27. The van der Waals surface area contributed by atoms with Crippen LogP contribution in [0, 0.1) is 0 Å². The Hall–Kier alpha value is 2.67. The van der Waals surface area contributed by atoms with Gasteiger partial charge in [-0.3, -0.25) is 0 Å². The number of hydrogen-bond donors (Lipinski definition) is 0. The zero-order valence-electron chi connectivity index (χ0n) is 6.03. The minimum atomic E-state index is 0.